The lowest BCUT2D eigenvalue weighted by Gasteiger charge is -2.37. The molecule has 1 aliphatic heterocycles. The molecule has 1 aromatic heterocycles. The average molecular weight is 451 g/mol. The molecule has 0 spiro atoms. The summed E-state index contributed by atoms with van der Waals surface area (Å²) in [6.45, 7) is 8.62. The van der Waals surface area contributed by atoms with Gasteiger partial charge in [-0.1, -0.05) is 0 Å². The molecule has 8 nitrogen and oxygen atoms in total. The van der Waals surface area contributed by atoms with Gasteiger partial charge in [0.1, 0.15) is 5.75 Å². The number of carbonyl (C=O) groups is 2. The fourth-order valence-corrected chi connectivity index (χ4v) is 3.19. The Kier molecular flexibility index (Phi) is 6.03. The van der Waals surface area contributed by atoms with Gasteiger partial charge in [-0.2, -0.15) is 13.2 Å². The van der Waals surface area contributed by atoms with Crippen molar-refractivity contribution in [3.8, 4) is 5.75 Å². The molecule has 32 heavy (non-hydrogen) atoms. The molecular weight excluding hydrogens is 427 g/mol. The van der Waals surface area contributed by atoms with Crippen molar-refractivity contribution in [2.45, 2.75) is 58.5 Å². The maximum Gasteiger partial charge on any atom is 0.434 e. The molecule has 0 aliphatic carbocycles. The van der Waals surface area contributed by atoms with Crippen LogP contribution in [0.3, 0.4) is 0 Å². The van der Waals surface area contributed by atoms with E-state index in [-0.39, 0.29) is 5.69 Å². The number of ether oxygens (including phenoxy) is 1. The third-order valence-corrected chi connectivity index (χ3v) is 4.61. The Morgan fingerprint density at radius 3 is 2.53 bits per heavy atom. The Bertz CT molecular complexity index is 1040. The summed E-state index contributed by atoms with van der Waals surface area (Å²) >= 11 is 0. The zero-order valence-electron chi connectivity index (χ0n) is 18.2. The van der Waals surface area contributed by atoms with Crippen LogP contribution in [0, 0.1) is 0 Å². The van der Waals surface area contributed by atoms with E-state index in [1.807, 2.05) is 20.8 Å². The number of aromatic nitrogens is 2. The van der Waals surface area contributed by atoms with Gasteiger partial charge in [0.15, 0.2) is 11.8 Å². The van der Waals surface area contributed by atoms with Gasteiger partial charge < -0.3 is 15.4 Å². The van der Waals surface area contributed by atoms with Crippen molar-refractivity contribution in [3.63, 3.8) is 0 Å². The number of hydrogen-bond acceptors (Lipinski definition) is 5. The fourth-order valence-electron chi connectivity index (χ4n) is 3.19. The summed E-state index contributed by atoms with van der Waals surface area (Å²) < 4.78 is 44.9. The first kappa shape index (κ1) is 23.3. The number of carbonyl (C=O) groups excluding carboxylic acids is 2. The van der Waals surface area contributed by atoms with Crippen LogP contribution in [-0.2, 0) is 11.0 Å². The van der Waals surface area contributed by atoms with Gasteiger partial charge >= 0.3 is 12.2 Å². The number of benzene rings is 1. The van der Waals surface area contributed by atoms with E-state index >= 15 is 0 Å². The molecule has 0 radical (unpaired) electrons. The number of alkyl halides is 3. The molecule has 1 aliphatic rings. The van der Waals surface area contributed by atoms with Crippen molar-refractivity contribution in [1.82, 2.24) is 15.3 Å². The summed E-state index contributed by atoms with van der Waals surface area (Å²) in [5.74, 6) is -0.132. The molecule has 0 bridgehead atoms. The molecule has 0 unspecified atom stereocenters. The quantitative estimate of drug-likeness (QED) is 0.726. The SMILES string of the molecule is C[C@H](c1cncc(C(F)(F)F)n1)N1C(=O)[C@@H](C)Oc2cc(NC(=O)NC(C)(C)C)ccc21. The molecular formula is C21H24F3N5O3. The monoisotopic (exact) mass is 451 g/mol. The normalized spacial score (nSPS) is 17.3. The van der Waals surface area contributed by atoms with Crippen molar-refractivity contribution < 1.29 is 27.5 Å². The van der Waals surface area contributed by atoms with Crippen LogP contribution in [0.2, 0.25) is 0 Å². The summed E-state index contributed by atoms with van der Waals surface area (Å²) in [7, 11) is 0. The van der Waals surface area contributed by atoms with Gasteiger partial charge in [0.2, 0.25) is 0 Å². The van der Waals surface area contributed by atoms with Gasteiger partial charge in [-0.3, -0.25) is 14.7 Å². The van der Waals surface area contributed by atoms with E-state index in [1.165, 1.54) is 18.0 Å². The maximum absolute atomic E-state index is 13.1. The highest BCUT2D eigenvalue weighted by molar-refractivity contribution is 6.01. The number of hydrogen-bond donors (Lipinski definition) is 2. The molecule has 1 aromatic carbocycles. The zero-order valence-corrected chi connectivity index (χ0v) is 18.2. The van der Waals surface area contributed by atoms with E-state index < -0.39 is 41.5 Å². The summed E-state index contributed by atoms with van der Waals surface area (Å²) in [5.41, 5.74) is -0.811. The number of halogens is 3. The first-order valence-corrected chi connectivity index (χ1v) is 9.88. The lowest BCUT2D eigenvalue weighted by Crippen LogP contribution is -2.46. The highest BCUT2D eigenvalue weighted by Gasteiger charge is 2.38. The second-order valence-corrected chi connectivity index (χ2v) is 8.48. The summed E-state index contributed by atoms with van der Waals surface area (Å²) in [6.07, 6.45) is -3.71. The topological polar surface area (TPSA) is 96.5 Å². The summed E-state index contributed by atoms with van der Waals surface area (Å²) in [5, 5.41) is 5.46. The number of amides is 3. The first-order chi connectivity index (χ1) is 14.8. The highest BCUT2D eigenvalue weighted by Crippen LogP contribution is 2.40. The van der Waals surface area contributed by atoms with Crippen LogP contribution in [0.5, 0.6) is 5.75 Å². The van der Waals surface area contributed by atoms with E-state index in [2.05, 4.69) is 20.6 Å². The smallest absolute Gasteiger partial charge is 0.434 e. The van der Waals surface area contributed by atoms with Gasteiger partial charge in [-0.15, -0.1) is 0 Å². The minimum atomic E-state index is -4.66. The van der Waals surface area contributed by atoms with Crippen LogP contribution in [0.25, 0.3) is 0 Å². The number of nitrogens with one attached hydrogen (secondary N) is 2. The number of fused-ring (bicyclic) bond motifs is 1. The lowest BCUT2D eigenvalue weighted by molar-refractivity contribution is -0.141. The van der Waals surface area contributed by atoms with Crippen molar-refractivity contribution >= 4 is 23.3 Å². The van der Waals surface area contributed by atoms with Crippen molar-refractivity contribution in [2.24, 2.45) is 0 Å². The third-order valence-electron chi connectivity index (χ3n) is 4.61. The number of rotatable bonds is 3. The molecule has 0 fully saturated rings. The second-order valence-electron chi connectivity index (χ2n) is 8.48. The molecule has 2 N–H and O–H groups in total. The molecule has 2 atom stereocenters. The zero-order chi connectivity index (χ0) is 23.8. The number of anilines is 2. The lowest BCUT2D eigenvalue weighted by atomic mass is 10.1. The van der Waals surface area contributed by atoms with Gasteiger partial charge in [0.25, 0.3) is 5.91 Å². The minimum absolute atomic E-state index is 0.0139. The van der Waals surface area contributed by atoms with Crippen molar-refractivity contribution in [3.05, 3.63) is 42.0 Å². The minimum Gasteiger partial charge on any atom is -0.479 e. The van der Waals surface area contributed by atoms with Crippen molar-refractivity contribution in [1.29, 1.82) is 0 Å². The average Bonchev–Trinajstić information content (AvgIpc) is 2.66. The second kappa shape index (κ2) is 8.29. The Balaban J connectivity index is 1.92. The first-order valence-electron chi connectivity index (χ1n) is 9.88. The molecule has 0 saturated heterocycles. The maximum atomic E-state index is 13.1. The van der Waals surface area contributed by atoms with E-state index in [4.69, 9.17) is 4.74 Å². The molecule has 2 heterocycles. The fraction of sp³-hybridized carbons (Fsp3) is 0.429. The summed E-state index contributed by atoms with van der Waals surface area (Å²) in [4.78, 5) is 33.6. The van der Waals surface area contributed by atoms with Gasteiger partial charge in [-0.05, 0) is 46.8 Å². The molecule has 11 heteroatoms. The highest BCUT2D eigenvalue weighted by atomic mass is 19.4. The Morgan fingerprint density at radius 2 is 1.91 bits per heavy atom. The molecule has 3 rings (SSSR count). The molecule has 172 valence electrons. The van der Waals surface area contributed by atoms with E-state index in [1.54, 1.807) is 25.1 Å². The van der Waals surface area contributed by atoms with Gasteiger partial charge in [0, 0.05) is 17.3 Å². The third kappa shape index (κ3) is 5.09. The van der Waals surface area contributed by atoms with Gasteiger partial charge in [0.05, 0.1) is 29.8 Å². The Labute approximate surface area is 183 Å². The predicted molar refractivity (Wildman–Crippen MR) is 111 cm³/mol. The van der Waals surface area contributed by atoms with Crippen LogP contribution in [0.4, 0.5) is 29.3 Å². The van der Waals surface area contributed by atoms with Crippen LogP contribution in [0.15, 0.2) is 30.6 Å². The molecule has 0 saturated carbocycles. The van der Waals surface area contributed by atoms with Crippen LogP contribution < -0.4 is 20.3 Å². The molecule has 2 aromatic rings. The largest absolute Gasteiger partial charge is 0.479 e. The Hall–Kier alpha value is -3.37. The predicted octanol–water partition coefficient (Wildman–Crippen LogP) is 4.29. The number of urea groups is 1. The standard InChI is InChI=1S/C21H24F3N5O3/c1-11(14-9-25-10-17(27-14)21(22,23)24)29-15-7-6-13(26-19(31)28-20(3,4)5)8-16(15)32-12(2)18(29)30/h6-12H,1-5H3,(H2,26,28,31)/t11-,12-/m1/s1. The Morgan fingerprint density at radius 1 is 1.22 bits per heavy atom. The summed E-state index contributed by atoms with van der Waals surface area (Å²) in [6, 6.07) is 3.43. The van der Waals surface area contributed by atoms with E-state index in [0.29, 0.717) is 23.3 Å². The van der Waals surface area contributed by atoms with Crippen molar-refractivity contribution in [2.75, 3.05) is 10.2 Å². The van der Waals surface area contributed by atoms with Crippen LogP contribution in [-0.4, -0.2) is 33.5 Å². The van der Waals surface area contributed by atoms with Crippen LogP contribution in [0.1, 0.15) is 52.0 Å². The van der Waals surface area contributed by atoms with E-state index in [0.717, 1.165) is 0 Å². The number of nitrogens with zero attached hydrogens (tertiary/aromatic N) is 3. The van der Waals surface area contributed by atoms with Crippen LogP contribution >= 0.6 is 0 Å². The van der Waals surface area contributed by atoms with E-state index in [9.17, 15) is 22.8 Å². The van der Waals surface area contributed by atoms with Gasteiger partial charge in [-0.25, -0.2) is 9.78 Å². The molecule has 3 amide bonds.